The maximum atomic E-state index is 15.4. The van der Waals surface area contributed by atoms with Gasteiger partial charge in [0, 0.05) is 74.4 Å². The average Bonchev–Trinajstić information content (AvgIpc) is 1.28. The summed E-state index contributed by atoms with van der Waals surface area (Å²) in [5.41, 5.74) is 6.54. The Balaban J connectivity index is 4.04. The van der Waals surface area contributed by atoms with E-state index in [1.54, 1.807) is 60.9 Å². The van der Waals surface area contributed by atoms with E-state index in [9.17, 15) is 43.2 Å². The quantitative estimate of drug-likeness (QED) is 0.0718. The van der Waals surface area contributed by atoms with Crippen LogP contribution in [0.4, 0.5) is 0 Å². The van der Waals surface area contributed by atoms with E-state index in [0.29, 0.717) is 32.1 Å². The van der Waals surface area contributed by atoms with Crippen LogP contribution in [-0.2, 0) is 68.6 Å². The maximum absolute atomic E-state index is 15.4. The first-order valence-electron chi connectivity index (χ1n) is 31.0. The van der Waals surface area contributed by atoms with E-state index in [2.05, 4.69) is 15.6 Å². The summed E-state index contributed by atoms with van der Waals surface area (Å²) in [6.07, 6.45) is 3.21. The third kappa shape index (κ3) is 24.4. The number of amides is 9. The van der Waals surface area contributed by atoms with Crippen LogP contribution in [0.3, 0.4) is 0 Å². The number of nitrogens with zero attached hydrogens (tertiary/aromatic N) is 7. The van der Waals surface area contributed by atoms with Crippen LogP contribution >= 0.6 is 0 Å². The summed E-state index contributed by atoms with van der Waals surface area (Å²) >= 11 is 0. The molecule has 10 atom stereocenters. The van der Waals surface area contributed by atoms with Crippen molar-refractivity contribution in [3.63, 3.8) is 0 Å². The van der Waals surface area contributed by atoms with E-state index in [1.165, 1.54) is 56.9 Å². The number of primary amides is 1. The minimum Gasteiger partial charge on any atom is -0.463 e. The molecule has 0 spiro atoms. The molecule has 23 heteroatoms. The van der Waals surface area contributed by atoms with E-state index >= 15 is 9.59 Å². The van der Waals surface area contributed by atoms with E-state index in [4.69, 9.17) is 15.2 Å². The van der Waals surface area contributed by atoms with Crippen molar-refractivity contribution in [1.29, 1.82) is 0 Å². The molecule has 0 unspecified atom stereocenters. The zero-order valence-electron chi connectivity index (χ0n) is 56.6. The highest BCUT2D eigenvalue weighted by Gasteiger charge is 2.46. The first-order valence-corrected chi connectivity index (χ1v) is 31.0. The molecule has 0 aliphatic carbocycles. The van der Waals surface area contributed by atoms with Gasteiger partial charge < -0.3 is 55.2 Å². The number of aromatic nitrogens is 1. The molecule has 0 aliphatic heterocycles. The van der Waals surface area contributed by atoms with Crippen molar-refractivity contribution in [1.82, 2.24) is 45.0 Å². The van der Waals surface area contributed by atoms with Crippen molar-refractivity contribution in [3.05, 3.63) is 30.1 Å². The molecule has 23 nitrogen and oxygen atoms in total. The third-order valence-electron chi connectivity index (χ3n) is 15.9. The maximum Gasteiger partial charge on any atom is 0.303 e. The van der Waals surface area contributed by atoms with E-state index in [-0.39, 0.29) is 55.3 Å². The second-order valence-electron chi connectivity index (χ2n) is 25.9. The fourth-order valence-electron chi connectivity index (χ4n) is 10.7. The molecule has 87 heavy (non-hydrogen) atoms. The van der Waals surface area contributed by atoms with Gasteiger partial charge >= 0.3 is 11.9 Å². The standard InChI is InChI=1S/C64H110N10O13/c1-23-47(60(81)72(20)51(36-86-44(15)75)62(83)71(19)49(34-39(6)7)58(79)68-53(41(10)11)63(84)70(18)48(57(65)78)33-38(4)5)67-59(80)55(56(87-45(16)76)43(14)27-26-29-46-28-24-25-32-66-46)74(22)64(85)54(42(12)13)73(21)61(82)50(35-40(8)9)69(17)52(77)31-30-37(2)3/h24-25,28,32,37-43,47-51,53-56H,23,26-27,29-31,33-36H2,1-22H3,(H2,65,78)(H,67,80)(H,68,79)/t43-,47-,48+,49+,50+,51-,53+,54+,55+,56-/m1/s1. The van der Waals surface area contributed by atoms with Crippen LogP contribution in [0.5, 0.6) is 0 Å². The Bertz CT molecular complexity index is 2440. The number of pyridine rings is 1. The number of ether oxygens (including phenoxy) is 2. The minimum atomic E-state index is -1.63. The number of hydrogen-bond donors (Lipinski definition) is 3. The number of aryl methyl sites for hydroxylation is 1. The normalized spacial score (nSPS) is 15.0. The van der Waals surface area contributed by atoms with Gasteiger partial charge in [-0.3, -0.25) is 57.7 Å². The Labute approximate surface area is 519 Å². The van der Waals surface area contributed by atoms with Crippen molar-refractivity contribution in [2.45, 2.75) is 223 Å². The topological polar surface area (TPSA) is 289 Å². The Morgan fingerprint density at radius 2 is 1.06 bits per heavy atom. The van der Waals surface area contributed by atoms with Gasteiger partial charge in [-0.2, -0.15) is 0 Å². The summed E-state index contributed by atoms with van der Waals surface area (Å²) in [6.45, 7) is 27.3. The first kappa shape index (κ1) is 78.3. The minimum absolute atomic E-state index is 0.00526. The lowest BCUT2D eigenvalue weighted by atomic mass is 9.89. The smallest absolute Gasteiger partial charge is 0.303 e. The number of nitrogens with one attached hydrogen (secondary N) is 2. The summed E-state index contributed by atoms with van der Waals surface area (Å²) < 4.78 is 11.4. The molecule has 1 aromatic heterocycles. The van der Waals surface area contributed by atoms with Gasteiger partial charge in [-0.25, -0.2) is 0 Å². The lowest BCUT2D eigenvalue weighted by Gasteiger charge is -2.41. The van der Waals surface area contributed by atoms with Crippen molar-refractivity contribution in [3.8, 4) is 0 Å². The van der Waals surface area contributed by atoms with Gasteiger partial charge in [0.05, 0.1) is 0 Å². The van der Waals surface area contributed by atoms with Gasteiger partial charge in [-0.05, 0) is 105 Å². The molecular formula is C64H110N10O13. The van der Waals surface area contributed by atoms with Gasteiger partial charge in [0.25, 0.3) is 0 Å². The van der Waals surface area contributed by atoms with Crippen molar-refractivity contribution < 1.29 is 62.2 Å². The van der Waals surface area contributed by atoms with E-state index < -0.39 is 138 Å². The fraction of sp³-hybridized carbons (Fsp3) is 0.750. The second kappa shape index (κ2) is 37.2. The lowest BCUT2D eigenvalue weighted by molar-refractivity contribution is -0.164. The van der Waals surface area contributed by atoms with E-state index in [1.807, 2.05) is 67.5 Å². The Morgan fingerprint density at radius 3 is 1.53 bits per heavy atom. The molecule has 4 N–H and O–H groups in total. The van der Waals surface area contributed by atoms with Gasteiger partial charge in [0.1, 0.15) is 61.0 Å². The molecule has 0 radical (unpaired) electrons. The van der Waals surface area contributed by atoms with Crippen LogP contribution in [0.15, 0.2) is 24.4 Å². The molecule has 9 amide bonds. The summed E-state index contributed by atoms with van der Waals surface area (Å²) in [5, 5.41) is 5.62. The molecular weight excluding hydrogens is 1120 g/mol. The number of rotatable bonds is 37. The van der Waals surface area contributed by atoms with Crippen LogP contribution < -0.4 is 16.4 Å². The molecule has 1 aromatic rings. The van der Waals surface area contributed by atoms with Crippen LogP contribution in [0.2, 0.25) is 0 Å². The number of hydrogen-bond acceptors (Lipinski definition) is 14. The Kier molecular flexibility index (Phi) is 33.5. The molecule has 0 bridgehead atoms. The van der Waals surface area contributed by atoms with Gasteiger partial charge in [0.15, 0.2) is 0 Å². The molecule has 0 fully saturated rings. The summed E-state index contributed by atoms with van der Waals surface area (Å²) in [4.78, 5) is 168. The van der Waals surface area contributed by atoms with Crippen LogP contribution in [0.25, 0.3) is 0 Å². The number of carbonyl (C=O) groups is 11. The highest BCUT2D eigenvalue weighted by atomic mass is 16.5. The summed E-state index contributed by atoms with van der Waals surface area (Å²) in [6, 6.07) is -4.61. The molecule has 0 aliphatic rings. The number of likely N-dealkylation sites (N-methyl/N-ethyl adjacent to an activating group) is 6. The fourth-order valence-corrected chi connectivity index (χ4v) is 10.7. The summed E-state index contributed by atoms with van der Waals surface area (Å²) in [7, 11) is 8.53. The number of carbonyl (C=O) groups excluding carboxylic acids is 11. The van der Waals surface area contributed by atoms with Crippen molar-refractivity contribution in [2.75, 3.05) is 48.9 Å². The molecule has 1 rings (SSSR count). The largest absolute Gasteiger partial charge is 0.463 e. The SMILES string of the molecule is CC[C@@H](NC(=O)[C@H]([C@H](OC(C)=O)[C@H](C)CCCc1ccccn1)N(C)C(=O)[C@H](C(C)C)N(C)C(=O)[C@H](CC(C)C)N(C)C(=O)CCC(C)C)C(=O)N(C)[C@H](COC(C)=O)C(=O)N(C)[C@@H](CC(C)C)C(=O)N[C@H](C(=O)N(C)[C@@H](CC(C)C)C(N)=O)C(C)C. The second-order valence-corrected chi connectivity index (χ2v) is 25.9. The molecule has 0 aromatic carbocycles. The Morgan fingerprint density at radius 1 is 0.540 bits per heavy atom. The van der Waals surface area contributed by atoms with Crippen LogP contribution in [-0.4, -0.2) is 203 Å². The number of nitrogens with two attached hydrogens (primary N) is 1. The highest BCUT2D eigenvalue weighted by molar-refractivity contribution is 5.98. The molecule has 494 valence electrons. The van der Waals surface area contributed by atoms with Crippen molar-refractivity contribution in [2.24, 2.45) is 47.2 Å². The predicted molar refractivity (Wildman–Crippen MR) is 333 cm³/mol. The Hall–Kier alpha value is -6.68. The van der Waals surface area contributed by atoms with Gasteiger partial charge in [0.2, 0.25) is 53.2 Å². The summed E-state index contributed by atoms with van der Waals surface area (Å²) in [5.74, 6) is -9.13. The number of esters is 2. The van der Waals surface area contributed by atoms with Gasteiger partial charge in [-0.1, -0.05) is 103 Å². The van der Waals surface area contributed by atoms with Crippen LogP contribution in [0.1, 0.15) is 168 Å². The van der Waals surface area contributed by atoms with Gasteiger partial charge in [-0.15, -0.1) is 0 Å². The highest BCUT2D eigenvalue weighted by Crippen LogP contribution is 2.27. The molecule has 0 saturated carbocycles. The lowest BCUT2D eigenvalue weighted by Crippen LogP contribution is -2.64. The molecule has 1 heterocycles. The van der Waals surface area contributed by atoms with E-state index in [0.717, 1.165) is 27.3 Å². The predicted octanol–water partition coefficient (Wildman–Crippen LogP) is 5.25. The zero-order valence-corrected chi connectivity index (χ0v) is 56.6. The van der Waals surface area contributed by atoms with Crippen LogP contribution in [0, 0.1) is 41.4 Å². The monoisotopic (exact) mass is 1230 g/mol. The van der Waals surface area contributed by atoms with Crippen molar-refractivity contribution >= 4 is 65.1 Å². The zero-order chi connectivity index (χ0) is 67.1. The average molecular weight is 1230 g/mol. The molecule has 0 saturated heterocycles. The third-order valence-corrected chi connectivity index (χ3v) is 15.9. The first-order chi connectivity index (χ1) is 40.3.